The van der Waals surface area contributed by atoms with Gasteiger partial charge < -0.3 is 40.0 Å². The molecule has 0 aliphatic heterocycles. The first kappa shape index (κ1) is 32.5. The van der Waals surface area contributed by atoms with E-state index in [1.807, 2.05) is 20.8 Å². The maximum Gasteiger partial charge on any atom is 0.252 e. The van der Waals surface area contributed by atoms with Crippen LogP contribution in [-0.2, 0) is 32.2 Å². The molecule has 1 rings (SSSR count). The lowest BCUT2D eigenvalue weighted by atomic mass is 9.94. The van der Waals surface area contributed by atoms with Crippen molar-refractivity contribution in [1.29, 1.82) is 0 Å². The van der Waals surface area contributed by atoms with Crippen LogP contribution in [0.15, 0.2) is 37.3 Å². The van der Waals surface area contributed by atoms with Gasteiger partial charge in [0, 0.05) is 32.9 Å². The van der Waals surface area contributed by atoms with Crippen LogP contribution < -0.4 is 10.6 Å². The Labute approximate surface area is 219 Å². The number of allylic oxidation sites excluding steroid dienone is 1. The molecule has 0 saturated carbocycles. The minimum absolute atomic E-state index is 0.0582. The number of imidazole rings is 1. The van der Waals surface area contributed by atoms with Crippen LogP contribution in [0.2, 0.25) is 0 Å². The van der Waals surface area contributed by atoms with Crippen LogP contribution >= 0.6 is 0 Å². The summed E-state index contributed by atoms with van der Waals surface area (Å²) in [6.45, 7) is 12.5. The fraction of sp³-hybridized carbons (Fsp3) is 0.654. The molecule has 0 spiro atoms. The van der Waals surface area contributed by atoms with E-state index in [0.29, 0.717) is 19.0 Å². The summed E-state index contributed by atoms with van der Waals surface area (Å²) < 4.78 is 12.4. The highest BCUT2D eigenvalue weighted by Gasteiger charge is 2.37. The molecule has 0 aromatic carbocycles. The minimum Gasteiger partial charge on any atom is -0.387 e. The van der Waals surface area contributed by atoms with E-state index in [-0.39, 0.29) is 18.4 Å². The predicted octanol–water partition coefficient (Wildman–Crippen LogP) is 0.687. The lowest BCUT2D eigenvalue weighted by Crippen LogP contribution is -2.56. The average Bonchev–Trinajstić information content (AvgIpc) is 3.29. The first-order valence-electron chi connectivity index (χ1n) is 12.5. The maximum absolute atomic E-state index is 13.0. The van der Waals surface area contributed by atoms with E-state index in [1.54, 1.807) is 23.2 Å². The zero-order valence-corrected chi connectivity index (χ0v) is 22.6. The molecular weight excluding hydrogens is 480 g/mol. The van der Waals surface area contributed by atoms with Crippen molar-refractivity contribution < 1.29 is 34.4 Å². The molecule has 2 amide bonds. The van der Waals surface area contributed by atoms with Crippen molar-refractivity contribution in [3.63, 3.8) is 0 Å². The fourth-order valence-electron chi connectivity index (χ4n) is 3.25. The second-order valence-electron chi connectivity index (χ2n) is 9.92. The molecule has 0 fully saturated rings. The Morgan fingerprint density at radius 3 is 2.51 bits per heavy atom. The highest BCUT2D eigenvalue weighted by molar-refractivity contribution is 5.90. The SMILES string of the molecule is C=CCNC(=O)[C@H](Cc1cn(COCCCC)cn1)NC(=O)[C@H](OC)[C@H](O)[C@@H](O)[C@H](O)/C=C/C(C)(C)C. The molecular formula is C26H44N4O7. The number of aliphatic hydroxyl groups excluding tert-OH is 3. The Bertz CT molecular complexity index is 865. The van der Waals surface area contributed by atoms with E-state index in [0.717, 1.165) is 12.8 Å². The van der Waals surface area contributed by atoms with Gasteiger partial charge in [0.15, 0.2) is 6.10 Å². The Morgan fingerprint density at radius 2 is 1.92 bits per heavy atom. The molecule has 0 bridgehead atoms. The number of carbonyl (C=O) groups is 2. The van der Waals surface area contributed by atoms with Crippen LogP contribution in [0, 0.1) is 5.41 Å². The van der Waals surface area contributed by atoms with Gasteiger partial charge in [-0.25, -0.2) is 4.98 Å². The fourth-order valence-corrected chi connectivity index (χ4v) is 3.25. The summed E-state index contributed by atoms with van der Waals surface area (Å²) in [7, 11) is 1.19. The van der Waals surface area contributed by atoms with E-state index in [2.05, 4.69) is 29.1 Å². The van der Waals surface area contributed by atoms with Gasteiger partial charge in [-0.1, -0.05) is 52.3 Å². The smallest absolute Gasteiger partial charge is 0.252 e. The van der Waals surface area contributed by atoms with Crippen molar-refractivity contribution in [1.82, 2.24) is 20.2 Å². The number of nitrogens with one attached hydrogen (secondary N) is 2. The normalized spacial score (nSPS) is 16.1. The summed E-state index contributed by atoms with van der Waals surface area (Å²) in [5.41, 5.74) is 0.278. The van der Waals surface area contributed by atoms with Gasteiger partial charge >= 0.3 is 0 Å². The molecule has 37 heavy (non-hydrogen) atoms. The van der Waals surface area contributed by atoms with Crippen molar-refractivity contribution in [2.75, 3.05) is 20.3 Å². The van der Waals surface area contributed by atoms with Crippen LogP contribution in [0.5, 0.6) is 0 Å². The third-order valence-electron chi connectivity index (χ3n) is 5.35. The van der Waals surface area contributed by atoms with Crippen LogP contribution in [0.1, 0.15) is 46.2 Å². The van der Waals surface area contributed by atoms with Gasteiger partial charge in [0.1, 0.15) is 31.1 Å². The number of carbonyl (C=O) groups excluding carboxylic acids is 2. The van der Waals surface area contributed by atoms with E-state index >= 15 is 0 Å². The van der Waals surface area contributed by atoms with Crippen molar-refractivity contribution in [3.05, 3.63) is 43.0 Å². The minimum atomic E-state index is -1.76. The summed E-state index contributed by atoms with van der Waals surface area (Å²) >= 11 is 0. The molecule has 0 unspecified atom stereocenters. The maximum atomic E-state index is 13.0. The topological polar surface area (TPSA) is 155 Å². The zero-order valence-electron chi connectivity index (χ0n) is 22.6. The zero-order chi connectivity index (χ0) is 28.0. The van der Waals surface area contributed by atoms with E-state index in [1.165, 1.54) is 19.3 Å². The molecule has 0 saturated heterocycles. The van der Waals surface area contributed by atoms with Gasteiger partial charge in [0.25, 0.3) is 5.91 Å². The summed E-state index contributed by atoms with van der Waals surface area (Å²) in [6.07, 6.45) is 3.42. The van der Waals surface area contributed by atoms with Gasteiger partial charge in [-0.15, -0.1) is 6.58 Å². The van der Waals surface area contributed by atoms with Crippen molar-refractivity contribution in [2.45, 2.75) is 84.1 Å². The molecule has 1 heterocycles. The van der Waals surface area contributed by atoms with Gasteiger partial charge in [0.05, 0.1) is 12.0 Å². The molecule has 5 atom stereocenters. The third-order valence-corrected chi connectivity index (χ3v) is 5.35. The number of rotatable bonds is 17. The van der Waals surface area contributed by atoms with Gasteiger partial charge in [-0.2, -0.15) is 0 Å². The second-order valence-corrected chi connectivity index (χ2v) is 9.92. The molecule has 0 aliphatic rings. The van der Waals surface area contributed by atoms with Crippen LogP contribution in [0.4, 0.5) is 0 Å². The van der Waals surface area contributed by atoms with Crippen molar-refractivity contribution in [2.24, 2.45) is 5.41 Å². The lowest BCUT2D eigenvalue weighted by Gasteiger charge is -2.28. The first-order chi connectivity index (χ1) is 17.4. The molecule has 0 aliphatic carbocycles. The molecule has 210 valence electrons. The highest BCUT2D eigenvalue weighted by Crippen LogP contribution is 2.17. The largest absolute Gasteiger partial charge is 0.387 e. The summed E-state index contributed by atoms with van der Waals surface area (Å²) in [5, 5.41) is 36.4. The number of ether oxygens (including phenoxy) is 2. The van der Waals surface area contributed by atoms with Crippen LogP contribution in [0.25, 0.3) is 0 Å². The molecule has 0 radical (unpaired) electrons. The van der Waals surface area contributed by atoms with Gasteiger partial charge in [0.2, 0.25) is 5.91 Å². The number of methoxy groups -OCH3 is 1. The number of amides is 2. The Morgan fingerprint density at radius 1 is 1.22 bits per heavy atom. The number of hydrogen-bond acceptors (Lipinski definition) is 8. The monoisotopic (exact) mass is 524 g/mol. The van der Waals surface area contributed by atoms with Gasteiger partial charge in [-0.3, -0.25) is 9.59 Å². The first-order valence-corrected chi connectivity index (χ1v) is 12.5. The van der Waals surface area contributed by atoms with Gasteiger partial charge in [-0.05, 0) is 11.8 Å². The van der Waals surface area contributed by atoms with Crippen molar-refractivity contribution in [3.8, 4) is 0 Å². The molecule has 1 aromatic heterocycles. The molecule has 11 nitrogen and oxygen atoms in total. The number of nitrogens with zero attached hydrogens (tertiary/aromatic N) is 2. The molecule has 11 heteroatoms. The summed E-state index contributed by atoms with van der Waals surface area (Å²) in [6, 6.07) is -1.05. The Balaban J connectivity index is 2.94. The molecule has 5 N–H and O–H groups in total. The third kappa shape index (κ3) is 12.0. The van der Waals surface area contributed by atoms with Crippen molar-refractivity contribution >= 4 is 11.8 Å². The van der Waals surface area contributed by atoms with E-state index in [9.17, 15) is 24.9 Å². The Kier molecular flexibility index (Phi) is 14.3. The molecule has 1 aromatic rings. The predicted molar refractivity (Wildman–Crippen MR) is 139 cm³/mol. The average molecular weight is 525 g/mol. The number of unbranched alkanes of at least 4 members (excludes halogenated alkanes) is 1. The summed E-state index contributed by atoms with van der Waals surface area (Å²) in [5.74, 6) is -1.32. The number of hydrogen-bond donors (Lipinski definition) is 5. The Hall–Kier alpha value is -2.57. The number of aliphatic hydroxyl groups is 3. The highest BCUT2D eigenvalue weighted by atomic mass is 16.5. The van der Waals surface area contributed by atoms with E-state index < -0.39 is 42.3 Å². The van der Waals surface area contributed by atoms with Crippen LogP contribution in [-0.4, -0.2) is 87.4 Å². The standard InChI is InChI=1S/C26H44N4O7/c1-7-9-13-37-17-30-15-18(28-16-30)14-19(24(34)27-12-8-2)29-25(35)23(36-6)22(33)21(32)20(31)10-11-26(3,4)5/h8,10-11,15-16,19-23,31-33H,2,7,9,12-14,17H2,1,3-6H3,(H,27,34)(H,29,35)/b11-10+/t19-,20+,21-,22+,23+/m0/s1. The number of aromatic nitrogens is 2. The quantitative estimate of drug-likeness (QED) is 0.147. The van der Waals surface area contributed by atoms with Crippen LogP contribution in [0.3, 0.4) is 0 Å². The lowest BCUT2D eigenvalue weighted by molar-refractivity contribution is -0.150. The second kappa shape index (κ2) is 16.3. The summed E-state index contributed by atoms with van der Waals surface area (Å²) in [4.78, 5) is 30.0. The van der Waals surface area contributed by atoms with E-state index in [4.69, 9.17) is 9.47 Å².